The summed E-state index contributed by atoms with van der Waals surface area (Å²) in [5.41, 5.74) is 1.38. The van der Waals surface area contributed by atoms with Crippen molar-refractivity contribution in [3.63, 3.8) is 0 Å². The van der Waals surface area contributed by atoms with Gasteiger partial charge in [-0.3, -0.25) is 0 Å². The van der Waals surface area contributed by atoms with Crippen LogP contribution in [-0.4, -0.2) is 38.2 Å². The van der Waals surface area contributed by atoms with E-state index in [0.717, 1.165) is 0 Å². The molecule has 0 amide bonds. The van der Waals surface area contributed by atoms with E-state index in [1.807, 2.05) is 6.92 Å². The first-order chi connectivity index (χ1) is 15.9. The summed E-state index contributed by atoms with van der Waals surface area (Å²) < 4.78 is 4.89. The highest BCUT2D eigenvalue weighted by Crippen LogP contribution is 2.38. The summed E-state index contributed by atoms with van der Waals surface area (Å²) in [6.07, 6.45) is 3.19. The number of methoxy groups -OCH3 is 1. The fraction of sp³-hybridized carbons (Fsp3) is 0.160. The molecule has 0 fully saturated rings. The predicted molar refractivity (Wildman–Crippen MR) is 120 cm³/mol. The number of aromatic hydroxyl groups is 2. The average Bonchev–Trinajstić information content (AvgIpc) is 2.84. The number of allylic oxidation sites excluding steroid dienone is 3. The number of hydrogen-bond acceptors (Lipinski definition) is 8. The largest absolute Gasteiger partial charge is 0.507 e. The van der Waals surface area contributed by atoms with Crippen molar-refractivity contribution in [3.05, 3.63) is 77.7 Å². The Morgan fingerprint density at radius 1 is 0.970 bits per heavy atom. The van der Waals surface area contributed by atoms with Crippen LogP contribution in [0.1, 0.15) is 18.7 Å². The van der Waals surface area contributed by atoms with Crippen LogP contribution in [0.2, 0.25) is 0 Å². The normalized spacial score (nSPS) is 17.5. The quantitative estimate of drug-likeness (QED) is 0.585. The zero-order valence-corrected chi connectivity index (χ0v) is 17.9. The van der Waals surface area contributed by atoms with Gasteiger partial charge in [-0.25, -0.2) is 19.7 Å². The lowest BCUT2D eigenvalue weighted by Crippen LogP contribution is -2.23. The molecule has 4 rings (SSSR count). The number of phenolic OH excluding ortho intramolecular Hbond substituents is 2. The molecule has 3 aromatic rings. The number of aromatic nitrogens is 3. The molecule has 8 nitrogen and oxygen atoms in total. The number of para-hydroxylation sites is 2. The highest BCUT2D eigenvalue weighted by Gasteiger charge is 2.32. The van der Waals surface area contributed by atoms with Crippen molar-refractivity contribution in [1.29, 1.82) is 5.26 Å². The van der Waals surface area contributed by atoms with Crippen LogP contribution in [0.3, 0.4) is 0 Å². The van der Waals surface area contributed by atoms with Crippen molar-refractivity contribution < 1.29 is 19.7 Å². The van der Waals surface area contributed by atoms with Crippen molar-refractivity contribution >= 4 is 5.97 Å². The summed E-state index contributed by atoms with van der Waals surface area (Å²) in [5, 5.41) is 30.3. The first-order valence-electron chi connectivity index (χ1n) is 10.2. The second-order valence-electron chi connectivity index (χ2n) is 7.51. The number of hydrogen-bond donors (Lipinski definition) is 2. The van der Waals surface area contributed by atoms with Crippen LogP contribution in [-0.2, 0) is 9.53 Å². The van der Waals surface area contributed by atoms with Crippen LogP contribution in [0.4, 0.5) is 0 Å². The number of esters is 1. The molecule has 2 unspecified atom stereocenters. The second kappa shape index (κ2) is 8.93. The van der Waals surface area contributed by atoms with Crippen LogP contribution in [0, 0.1) is 17.2 Å². The number of carbonyl (C=O) groups excluding carboxylic acids is 1. The Hall–Kier alpha value is -4.51. The van der Waals surface area contributed by atoms with Gasteiger partial charge in [0.05, 0.1) is 24.3 Å². The molecule has 0 aliphatic heterocycles. The van der Waals surface area contributed by atoms with Crippen LogP contribution in [0.25, 0.3) is 22.8 Å². The van der Waals surface area contributed by atoms with Gasteiger partial charge in [0.2, 0.25) is 0 Å². The van der Waals surface area contributed by atoms with Crippen LogP contribution in [0.5, 0.6) is 11.5 Å². The highest BCUT2D eigenvalue weighted by atomic mass is 16.5. The monoisotopic (exact) mass is 440 g/mol. The number of rotatable bonds is 4. The van der Waals surface area contributed by atoms with Gasteiger partial charge in [0, 0.05) is 23.0 Å². The van der Waals surface area contributed by atoms with Crippen molar-refractivity contribution in [2.24, 2.45) is 5.92 Å². The van der Waals surface area contributed by atoms with Crippen molar-refractivity contribution in [2.75, 3.05) is 7.11 Å². The van der Waals surface area contributed by atoms with Crippen molar-refractivity contribution in [2.45, 2.75) is 12.8 Å². The van der Waals surface area contributed by atoms with Gasteiger partial charge in [-0.15, -0.1) is 0 Å². The van der Waals surface area contributed by atoms with Gasteiger partial charge in [0.25, 0.3) is 0 Å². The zero-order valence-electron chi connectivity index (χ0n) is 17.9. The molecule has 2 aromatic carbocycles. The lowest BCUT2D eigenvalue weighted by atomic mass is 9.80. The first kappa shape index (κ1) is 21.7. The third-order valence-corrected chi connectivity index (χ3v) is 5.49. The number of ether oxygens (including phenoxy) is 1. The summed E-state index contributed by atoms with van der Waals surface area (Å²) in [6, 6.07) is 15.3. The minimum absolute atomic E-state index is 0.0158. The second-order valence-corrected chi connectivity index (χ2v) is 7.51. The van der Waals surface area contributed by atoms with Gasteiger partial charge in [-0.1, -0.05) is 37.3 Å². The smallest absolute Gasteiger partial charge is 0.334 e. The summed E-state index contributed by atoms with van der Waals surface area (Å²) in [4.78, 5) is 26.0. The lowest BCUT2D eigenvalue weighted by Gasteiger charge is -2.25. The summed E-state index contributed by atoms with van der Waals surface area (Å²) in [6.45, 7) is 1.82. The molecule has 2 N–H and O–H groups in total. The lowest BCUT2D eigenvalue weighted by molar-refractivity contribution is -0.136. The topological polar surface area (TPSA) is 129 Å². The van der Waals surface area contributed by atoms with E-state index in [1.165, 1.54) is 25.3 Å². The van der Waals surface area contributed by atoms with Crippen molar-refractivity contribution in [1.82, 2.24) is 15.0 Å². The fourth-order valence-electron chi connectivity index (χ4n) is 3.72. The molecule has 1 heterocycles. The molecule has 0 saturated heterocycles. The van der Waals surface area contributed by atoms with Gasteiger partial charge in [0.1, 0.15) is 17.3 Å². The fourth-order valence-corrected chi connectivity index (χ4v) is 3.72. The molecule has 0 spiro atoms. The molecule has 8 heteroatoms. The maximum atomic E-state index is 12.3. The summed E-state index contributed by atoms with van der Waals surface area (Å²) >= 11 is 0. The number of nitriles is 1. The van der Waals surface area contributed by atoms with Gasteiger partial charge in [0.15, 0.2) is 11.6 Å². The maximum absolute atomic E-state index is 12.3. The van der Waals surface area contributed by atoms with E-state index in [9.17, 15) is 20.3 Å². The van der Waals surface area contributed by atoms with Gasteiger partial charge in [-0.05, 0) is 30.3 Å². The molecular weight excluding hydrogens is 420 g/mol. The highest BCUT2D eigenvalue weighted by molar-refractivity contribution is 5.90. The van der Waals surface area contributed by atoms with E-state index in [-0.39, 0.29) is 34.5 Å². The van der Waals surface area contributed by atoms with Gasteiger partial charge in [-0.2, -0.15) is 5.26 Å². The Bertz CT molecular complexity index is 1280. The Labute approximate surface area is 190 Å². The van der Waals surface area contributed by atoms with E-state index >= 15 is 0 Å². The van der Waals surface area contributed by atoms with Gasteiger partial charge >= 0.3 is 5.97 Å². The van der Waals surface area contributed by atoms with E-state index in [4.69, 9.17) is 4.74 Å². The minimum atomic E-state index is -0.545. The summed E-state index contributed by atoms with van der Waals surface area (Å²) in [5.74, 6) is -0.826. The molecule has 0 radical (unpaired) electrons. The molecule has 0 bridgehead atoms. The number of phenols is 2. The molecule has 2 atom stereocenters. The Balaban J connectivity index is 1.93. The number of benzene rings is 2. The summed E-state index contributed by atoms with van der Waals surface area (Å²) in [7, 11) is 1.28. The minimum Gasteiger partial charge on any atom is -0.507 e. The Morgan fingerprint density at radius 3 is 2.00 bits per heavy atom. The van der Waals surface area contributed by atoms with E-state index in [2.05, 4.69) is 21.0 Å². The van der Waals surface area contributed by atoms with E-state index < -0.39 is 17.8 Å². The SMILES string of the molecule is COC(=O)C1=CC(C#N)=CC(c2nc(-c3ccccc3O)nc(-c3ccccc3O)n2)C1C. The third-order valence-electron chi connectivity index (χ3n) is 5.49. The third kappa shape index (κ3) is 4.16. The van der Waals surface area contributed by atoms with E-state index in [0.29, 0.717) is 16.7 Å². The average molecular weight is 440 g/mol. The number of carbonyl (C=O) groups is 1. The van der Waals surface area contributed by atoms with Crippen LogP contribution < -0.4 is 0 Å². The zero-order chi connectivity index (χ0) is 23.5. The molecule has 1 aromatic heterocycles. The molecule has 1 aliphatic rings. The molecule has 0 saturated carbocycles. The maximum Gasteiger partial charge on any atom is 0.334 e. The van der Waals surface area contributed by atoms with Gasteiger partial charge < -0.3 is 14.9 Å². The molecule has 33 heavy (non-hydrogen) atoms. The van der Waals surface area contributed by atoms with Crippen molar-refractivity contribution in [3.8, 4) is 40.3 Å². The molecule has 164 valence electrons. The number of nitrogens with zero attached hydrogens (tertiary/aromatic N) is 4. The molecular formula is C25H20N4O4. The van der Waals surface area contributed by atoms with Crippen LogP contribution >= 0.6 is 0 Å². The first-order valence-corrected chi connectivity index (χ1v) is 10.2. The Kier molecular flexibility index (Phi) is 5.87. The van der Waals surface area contributed by atoms with Crippen LogP contribution in [0.15, 0.2) is 71.8 Å². The van der Waals surface area contributed by atoms with E-state index in [1.54, 1.807) is 42.5 Å². The molecule has 1 aliphatic carbocycles. The predicted octanol–water partition coefficient (Wildman–Crippen LogP) is 3.90. The Morgan fingerprint density at radius 2 is 1.52 bits per heavy atom. The standard InChI is InChI=1S/C25H20N4O4/c1-14-18(11-15(13-26)12-19(14)25(32)33-2)24-28-22(16-7-3-5-9-20(16)30)27-23(29-24)17-8-4-6-10-21(17)31/h3-12,14,18,30-31H,1-2H3.